The Kier molecular flexibility index (Phi) is 4.05. The van der Waals surface area contributed by atoms with E-state index in [1.807, 2.05) is 0 Å². The molecule has 1 aliphatic rings. The number of rotatable bonds is 3. The summed E-state index contributed by atoms with van der Waals surface area (Å²) in [5, 5.41) is 8.12. The highest BCUT2D eigenvalue weighted by Gasteiger charge is 2.28. The molecule has 1 amide bonds. The van der Waals surface area contributed by atoms with Gasteiger partial charge >= 0.3 is 0 Å². The molecule has 6 nitrogen and oxygen atoms in total. The second kappa shape index (κ2) is 6.51. The first kappa shape index (κ1) is 15.6. The van der Waals surface area contributed by atoms with E-state index in [0.29, 0.717) is 36.2 Å². The van der Waals surface area contributed by atoms with E-state index >= 15 is 0 Å². The van der Waals surface area contributed by atoms with Crippen LogP contribution in [0.5, 0.6) is 0 Å². The Hall–Kier alpha value is -2.96. The van der Waals surface area contributed by atoms with Gasteiger partial charge in [0.1, 0.15) is 5.82 Å². The van der Waals surface area contributed by atoms with Crippen LogP contribution in [0, 0.1) is 5.82 Å². The van der Waals surface area contributed by atoms with Crippen molar-refractivity contribution >= 4 is 5.91 Å². The number of amides is 1. The molecule has 3 heterocycles. The zero-order valence-electron chi connectivity index (χ0n) is 13.4. The molecular formula is C18H16FN3O3. The number of aromatic nitrogens is 2. The van der Waals surface area contributed by atoms with Crippen molar-refractivity contribution in [2.45, 2.75) is 18.8 Å². The minimum atomic E-state index is -0.406. The van der Waals surface area contributed by atoms with Crippen LogP contribution in [0.1, 0.15) is 35.0 Å². The summed E-state index contributed by atoms with van der Waals surface area (Å²) in [5.41, 5.74) is 0.372. The van der Waals surface area contributed by atoms with Crippen LogP contribution in [0.15, 0.2) is 51.5 Å². The zero-order valence-corrected chi connectivity index (χ0v) is 13.4. The molecule has 25 heavy (non-hydrogen) atoms. The van der Waals surface area contributed by atoms with E-state index in [2.05, 4.69) is 10.2 Å². The molecule has 0 radical (unpaired) electrons. The van der Waals surface area contributed by atoms with Gasteiger partial charge in [0, 0.05) is 24.6 Å². The Morgan fingerprint density at radius 2 is 2.00 bits per heavy atom. The molecule has 128 valence electrons. The lowest BCUT2D eigenvalue weighted by Crippen LogP contribution is -2.38. The van der Waals surface area contributed by atoms with Crippen LogP contribution in [0.2, 0.25) is 0 Å². The fourth-order valence-corrected chi connectivity index (χ4v) is 3.03. The zero-order chi connectivity index (χ0) is 17.2. The van der Waals surface area contributed by atoms with Crippen molar-refractivity contribution < 1.29 is 18.0 Å². The van der Waals surface area contributed by atoms with E-state index < -0.39 is 5.82 Å². The smallest absolute Gasteiger partial charge is 0.283 e. The summed E-state index contributed by atoms with van der Waals surface area (Å²) in [7, 11) is 0. The van der Waals surface area contributed by atoms with Crippen molar-refractivity contribution in [2.75, 3.05) is 13.1 Å². The highest BCUT2D eigenvalue weighted by Crippen LogP contribution is 2.30. The second-order valence-electron chi connectivity index (χ2n) is 6.00. The van der Waals surface area contributed by atoms with Gasteiger partial charge in [0.2, 0.25) is 5.89 Å². The summed E-state index contributed by atoms with van der Waals surface area (Å²) in [4.78, 5) is 14.2. The number of halogens is 1. The van der Waals surface area contributed by atoms with Gasteiger partial charge in [-0.25, -0.2) is 4.39 Å². The normalized spacial score (nSPS) is 15.5. The fourth-order valence-electron chi connectivity index (χ4n) is 3.03. The van der Waals surface area contributed by atoms with Gasteiger partial charge in [-0.2, -0.15) is 0 Å². The maximum atomic E-state index is 13.3. The third-order valence-corrected chi connectivity index (χ3v) is 4.38. The van der Waals surface area contributed by atoms with Crippen molar-refractivity contribution in [1.82, 2.24) is 15.1 Å². The van der Waals surface area contributed by atoms with Gasteiger partial charge in [0.15, 0.2) is 5.76 Å². The number of carbonyl (C=O) groups is 1. The van der Waals surface area contributed by atoms with Crippen LogP contribution in [0.25, 0.3) is 11.7 Å². The molecule has 1 fully saturated rings. The molecule has 0 aliphatic carbocycles. The second-order valence-corrected chi connectivity index (χ2v) is 6.00. The molecule has 4 rings (SSSR count). The van der Waals surface area contributed by atoms with E-state index in [4.69, 9.17) is 8.83 Å². The first-order valence-corrected chi connectivity index (χ1v) is 8.13. The maximum absolute atomic E-state index is 13.3. The highest BCUT2D eigenvalue weighted by atomic mass is 19.1. The average Bonchev–Trinajstić information content (AvgIpc) is 3.32. The van der Waals surface area contributed by atoms with Crippen LogP contribution in [-0.2, 0) is 0 Å². The van der Waals surface area contributed by atoms with Gasteiger partial charge < -0.3 is 13.7 Å². The van der Waals surface area contributed by atoms with E-state index in [1.54, 1.807) is 35.4 Å². The van der Waals surface area contributed by atoms with E-state index in [9.17, 15) is 9.18 Å². The van der Waals surface area contributed by atoms with E-state index in [0.717, 1.165) is 12.8 Å². The van der Waals surface area contributed by atoms with Gasteiger partial charge in [-0.05, 0) is 43.2 Å². The number of carbonyl (C=O) groups excluding carboxylic acids is 1. The van der Waals surface area contributed by atoms with Crippen LogP contribution < -0.4 is 0 Å². The summed E-state index contributed by atoms with van der Waals surface area (Å²) in [6, 6.07) is 9.29. The SMILES string of the molecule is O=C(c1cccc(F)c1)N1CCC(c2nnc(-c3ccco3)o2)CC1. The predicted molar refractivity (Wildman–Crippen MR) is 86.3 cm³/mol. The van der Waals surface area contributed by atoms with Crippen molar-refractivity contribution in [3.8, 4) is 11.7 Å². The number of nitrogens with zero attached hydrogens (tertiary/aromatic N) is 3. The summed E-state index contributed by atoms with van der Waals surface area (Å²) < 4.78 is 24.2. The van der Waals surface area contributed by atoms with Gasteiger partial charge in [-0.3, -0.25) is 4.79 Å². The first-order chi connectivity index (χ1) is 12.2. The molecule has 3 aromatic rings. The Labute approximate surface area is 143 Å². The quantitative estimate of drug-likeness (QED) is 0.729. The first-order valence-electron chi connectivity index (χ1n) is 8.13. The van der Waals surface area contributed by atoms with E-state index in [-0.39, 0.29) is 11.8 Å². The molecule has 0 atom stereocenters. The molecule has 0 saturated carbocycles. The number of hydrogen-bond acceptors (Lipinski definition) is 5. The fraction of sp³-hybridized carbons (Fsp3) is 0.278. The third kappa shape index (κ3) is 3.17. The van der Waals surface area contributed by atoms with Crippen LogP contribution in [-0.4, -0.2) is 34.1 Å². The van der Waals surface area contributed by atoms with Crippen LogP contribution in [0.3, 0.4) is 0 Å². The number of hydrogen-bond donors (Lipinski definition) is 0. The molecule has 0 spiro atoms. The Morgan fingerprint density at radius 3 is 2.72 bits per heavy atom. The molecule has 2 aromatic heterocycles. The van der Waals surface area contributed by atoms with Crippen LogP contribution >= 0.6 is 0 Å². The standard InChI is InChI=1S/C18H16FN3O3/c19-14-4-1-3-13(11-14)18(23)22-8-6-12(7-9-22)16-20-21-17(25-16)15-5-2-10-24-15/h1-5,10-12H,6-9H2. The van der Waals surface area contributed by atoms with Crippen molar-refractivity contribution in [2.24, 2.45) is 0 Å². The average molecular weight is 341 g/mol. The number of likely N-dealkylation sites (tertiary alicyclic amines) is 1. The molecule has 0 bridgehead atoms. The number of piperidine rings is 1. The summed E-state index contributed by atoms with van der Waals surface area (Å²) >= 11 is 0. The minimum absolute atomic E-state index is 0.104. The van der Waals surface area contributed by atoms with Gasteiger partial charge in [-0.1, -0.05) is 6.07 Å². The number of benzene rings is 1. The van der Waals surface area contributed by atoms with Gasteiger partial charge in [0.25, 0.3) is 11.8 Å². The molecule has 1 saturated heterocycles. The van der Waals surface area contributed by atoms with Crippen LogP contribution in [0.4, 0.5) is 4.39 Å². The van der Waals surface area contributed by atoms with Gasteiger partial charge in [-0.15, -0.1) is 10.2 Å². The molecular weight excluding hydrogens is 325 g/mol. The third-order valence-electron chi connectivity index (χ3n) is 4.38. The summed E-state index contributed by atoms with van der Waals surface area (Å²) in [6.07, 6.45) is 3.00. The molecule has 0 N–H and O–H groups in total. The van der Waals surface area contributed by atoms with Crippen molar-refractivity contribution in [1.29, 1.82) is 0 Å². The topological polar surface area (TPSA) is 72.4 Å². The Morgan fingerprint density at radius 1 is 1.16 bits per heavy atom. The van der Waals surface area contributed by atoms with Gasteiger partial charge in [0.05, 0.1) is 6.26 Å². The molecule has 0 unspecified atom stereocenters. The maximum Gasteiger partial charge on any atom is 0.283 e. The van der Waals surface area contributed by atoms with Crippen molar-refractivity contribution in [3.63, 3.8) is 0 Å². The lowest BCUT2D eigenvalue weighted by Gasteiger charge is -2.30. The lowest BCUT2D eigenvalue weighted by molar-refractivity contribution is 0.0706. The predicted octanol–water partition coefficient (Wildman–Crippen LogP) is 3.49. The van der Waals surface area contributed by atoms with E-state index in [1.165, 1.54) is 12.1 Å². The molecule has 1 aliphatic heterocycles. The molecule has 7 heteroatoms. The Balaban J connectivity index is 1.41. The summed E-state index contributed by atoms with van der Waals surface area (Å²) in [6.45, 7) is 1.14. The molecule has 1 aromatic carbocycles. The lowest BCUT2D eigenvalue weighted by atomic mass is 9.96. The summed E-state index contributed by atoms with van der Waals surface area (Å²) in [5.74, 6) is 1.00. The number of furan rings is 1. The van der Waals surface area contributed by atoms with Crippen molar-refractivity contribution in [3.05, 3.63) is 59.9 Å². The largest absolute Gasteiger partial charge is 0.459 e. The minimum Gasteiger partial charge on any atom is -0.459 e. The Bertz CT molecular complexity index is 867. The monoisotopic (exact) mass is 341 g/mol. The highest BCUT2D eigenvalue weighted by molar-refractivity contribution is 5.94.